The molecule has 1 fully saturated rings. The van der Waals surface area contributed by atoms with Crippen molar-refractivity contribution >= 4 is 0 Å². The third-order valence-corrected chi connectivity index (χ3v) is 2.76. The van der Waals surface area contributed by atoms with Crippen molar-refractivity contribution < 1.29 is 5.11 Å². The lowest BCUT2D eigenvalue weighted by atomic mass is 10.2. The van der Waals surface area contributed by atoms with E-state index in [0.29, 0.717) is 12.6 Å². The van der Waals surface area contributed by atoms with Gasteiger partial charge in [0.05, 0.1) is 6.61 Å². The second-order valence-corrected chi connectivity index (χ2v) is 3.72. The Balaban J connectivity index is 2.06. The Bertz CT molecular complexity index is 130. The summed E-state index contributed by atoms with van der Waals surface area (Å²) in [5.41, 5.74) is 0. The van der Waals surface area contributed by atoms with E-state index in [2.05, 4.69) is 17.1 Å². The zero-order valence-electron chi connectivity index (χ0n) is 8.63. The topological polar surface area (TPSA) is 35.5 Å². The number of aliphatic hydroxyl groups is 1. The van der Waals surface area contributed by atoms with Gasteiger partial charge in [-0.05, 0) is 45.4 Å². The van der Waals surface area contributed by atoms with Crippen LogP contribution in [-0.2, 0) is 0 Å². The number of hydrogen-bond donors (Lipinski definition) is 2. The number of hydrogen-bond acceptors (Lipinski definition) is 3. The molecule has 0 spiro atoms. The molecule has 1 rings (SSSR count). The first kappa shape index (κ1) is 11.0. The molecule has 0 aliphatic carbocycles. The number of likely N-dealkylation sites (tertiary alicyclic amines) is 1. The summed E-state index contributed by atoms with van der Waals surface area (Å²) in [6.07, 6.45) is 3.63. The predicted molar refractivity (Wildman–Crippen MR) is 54.8 cm³/mol. The second kappa shape index (κ2) is 6.35. The minimum Gasteiger partial charge on any atom is -0.395 e. The highest BCUT2D eigenvalue weighted by Gasteiger charge is 2.22. The average Bonchev–Trinajstić information content (AvgIpc) is 2.60. The van der Waals surface area contributed by atoms with Gasteiger partial charge in [0, 0.05) is 6.04 Å². The van der Waals surface area contributed by atoms with Gasteiger partial charge in [0.25, 0.3) is 0 Å². The molecule has 0 radical (unpaired) electrons. The maximum atomic E-state index is 9.08. The second-order valence-electron chi connectivity index (χ2n) is 3.72. The molecule has 0 bridgehead atoms. The van der Waals surface area contributed by atoms with Gasteiger partial charge in [-0.15, -0.1) is 0 Å². The lowest BCUT2D eigenvalue weighted by molar-refractivity contribution is 0.157. The molecule has 1 atom stereocenters. The summed E-state index contributed by atoms with van der Waals surface area (Å²) in [6, 6.07) is 0.446. The van der Waals surface area contributed by atoms with Crippen LogP contribution < -0.4 is 5.32 Å². The average molecular weight is 186 g/mol. The van der Waals surface area contributed by atoms with Gasteiger partial charge in [-0.2, -0.15) is 0 Å². The SMILES string of the molecule is CCNCCCN1CCCC1CO. The molecule has 2 N–H and O–H groups in total. The maximum absolute atomic E-state index is 9.08. The number of rotatable bonds is 6. The fraction of sp³-hybridized carbons (Fsp3) is 1.00. The quantitative estimate of drug-likeness (QED) is 0.591. The summed E-state index contributed by atoms with van der Waals surface area (Å²) in [5.74, 6) is 0. The van der Waals surface area contributed by atoms with Crippen LogP contribution in [0.3, 0.4) is 0 Å². The Morgan fingerprint density at radius 3 is 3.08 bits per heavy atom. The van der Waals surface area contributed by atoms with E-state index < -0.39 is 0 Å². The van der Waals surface area contributed by atoms with Crippen LogP contribution in [0.5, 0.6) is 0 Å². The van der Waals surface area contributed by atoms with E-state index in [0.717, 1.165) is 19.6 Å². The van der Waals surface area contributed by atoms with Gasteiger partial charge in [-0.25, -0.2) is 0 Å². The molecule has 1 saturated heterocycles. The third kappa shape index (κ3) is 3.63. The first-order valence-corrected chi connectivity index (χ1v) is 5.44. The van der Waals surface area contributed by atoms with Crippen LogP contribution in [0.25, 0.3) is 0 Å². The largest absolute Gasteiger partial charge is 0.395 e. The molecule has 78 valence electrons. The van der Waals surface area contributed by atoms with E-state index in [-0.39, 0.29) is 0 Å². The summed E-state index contributed by atoms with van der Waals surface area (Å²) >= 11 is 0. The Labute approximate surface area is 81.1 Å². The van der Waals surface area contributed by atoms with Crippen LogP contribution in [0.2, 0.25) is 0 Å². The Kier molecular flexibility index (Phi) is 5.35. The van der Waals surface area contributed by atoms with Gasteiger partial charge in [-0.1, -0.05) is 6.92 Å². The zero-order chi connectivity index (χ0) is 9.52. The van der Waals surface area contributed by atoms with Crippen LogP contribution in [0.15, 0.2) is 0 Å². The molecule has 1 unspecified atom stereocenters. The summed E-state index contributed by atoms with van der Waals surface area (Å²) in [7, 11) is 0. The molecular formula is C10H22N2O. The number of aliphatic hydroxyl groups excluding tert-OH is 1. The van der Waals surface area contributed by atoms with Crippen LogP contribution in [0, 0.1) is 0 Å². The first-order chi connectivity index (χ1) is 6.38. The van der Waals surface area contributed by atoms with E-state index in [1.807, 2.05) is 0 Å². The van der Waals surface area contributed by atoms with Crippen LogP contribution in [0.1, 0.15) is 26.2 Å². The molecule has 0 amide bonds. The van der Waals surface area contributed by atoms with Crippen molar-refractivity contribution in [3.8, 4) is 0 Å². The minimum absolute atomic E-state index is 0.335. The molecule has 13 heavy (non-hydrogen) atoms. The molecule has 0 saturated carbocycles. The molecule has 1 heterocycles. The molecule has 3 heteroatoms. The lowest BCUT2D eigenvalue weighted by Crippen LogP contribution is -2.34. The predicted octanol–water partition coefficient (Wildman–Crippen LogP) is 0.443. The van der Waals surface area contributed by atoms with Crippen molar-refractivity contribution in [1.82, 2.24) is 10.2 Å². The Morgan fingerprint density at radius 1 is 1.54 bits per heavy atom. The number of nitrogens with one attached hydrogen (secondary N) is 1. The first-order valence-electron chi connectivity index (χ1n) is 5.44. The van der Waals surface area contributed by atoms with E-state index in [1.165, 1.54) is 25.8 Å². The minimum atomic E-state index is 0.335. The highest BCUT2D eigenvalue weighted by molar-refractivity contribution is 4.78. The third-order valence-electron chi connectivity index (χ3n) is 2.76. The molecule has 0 aromatic rings. The van der Waals surface area contributed by atoms with Crippen LogP contribution >= 0.6 is 0 Å². The Hall–Kier alpha value is -0.120. The molecular weight excluding hydrogens is 164 g/mol. The van der Waals surface area contributed by atoms with Crippen molar-refractivity contribution in [2.24, 2.45) is 0 Å². The van der Waals surface area contributed by atoms with Crippen molar-refractivity contribution in [2.45, 2.75) is 32.2 Å². The van der Waals surface area contributed by atoms with E-state index in [1.54, 1.807) is 0 Å². The summed E-state index contributed by atoms with van der Waals surface area (Å²) < 4.78 is 0. The standard InChI is InChI=1S/C10H22N2O/c1-2-11-6-4-8-12-7-3-5-10(12)9-13/h10-11,13H,2-9H2,1H3. The van der Waals surface area contributed by atoms with Crippen LogP contribution in [-0.4, -0.2) is 48.8 Å². The van der Waals surface area contributed by atoms with Gasteiger partial charge in [0.2, 0.25) is 0 Å². The highest BCUT2D eigenvalue weighted by Crippen LogP contribution is 2.16. The van der Waals surface area contributed by atoms with Crippen molar-refractivity contribution in [3.05, 3.63) is 0 Å². The molecule has 3 nitrogen and oxygen atoms in total. The Morgan fingerprint density at radius 2 is 2.38 bits per heavy atom. The van der Waals surface area contributed by atoms with Gasteiger partial charge in [0.15, 0.2) is 0 Å². The van der Waals surface area contributed by atoms with Crippen molar-refractivity contribution in [3.63, 3.8) is 0 Å². The molecule has 1 aliphatic rings. The maximum Gasteiger partial charge on any atom is 0.0586 e. The van der Waals surface area contributed by atoms with E-state index in [4.69, 9.17) is 5.11 Å². The monoisotopic (exact) mass is 186 g/mol. The van der Waals surface area contributed by atoms with Gasteiger partial charge >= 0.3 is 0 Å². The zero-order valence-corrected chi connectivity index (χ0v) is 8.63. The smallest absolute Gasteiger partial charge is 0.0586 e. The van der Waals surface area contributed by atoms with Crippen LogP contribution in [0.4, 0.5) is 0 Å². The van der Waals surface area contributed by atoms with Gasteiger partial charge in [0.1, 0.15) is 0 Å². The van der Waals surface area contributed by atoms with Crippen molar-refractivity contribution in [2.75, 3.05) is 32.8 Å². The van der Waals surface area contributed by atoms with Gasteiger partial charge < -0.3 is 10.4 Å². The number of nitrogens with zero attached hydrogens (tertiary/aromatic N) is 1. The fourth-order valence-corrected chi connectivity index (χ4v) is 1.98. The van der Waals surface area contributed by atoms with E-state index in [9.17, 15) is 0 Å². The van der Waals surface area contributed by atoms with Crippen molar-refractivity contribution in [1.29, 1.82) is 0 Å². The van der Waals surface area contributed by atoms with Gasteiger partial charge in [-0.3, -0.25) is 4.90 Å². The molecule has 0 aromatic heterocycles. The van der Waals surface area contributed by atoms with E-state index >= 15 is 0 Å². The summed E-state index contributed by atoms with van der Waals surface area (Å²) in [4.78, 5) is 2.41. The molecule has 1 aliphatic heterocycles. The fourth-order valence-electron chi connectivity index (χ4n) is 1.98. The lowest BCUT2D eigenvalue weighted by Gasteiger charge is -2.22. The summed E-state index contributed by atoms with van der Waals surface area (Å²) in [6.45, 7) is 6.94. The molecule has 0 aromatic carbocycles. The summed E-state index contributed by atoms with van der Waals surface area (Å²) in [5, 5.41) is 12.4. The highest BCUT2D eigenvalue weighted by atomic mass is 16.3. The normalized spacial score (nSPS) is 24.0.